The van der Waals surface area contributed by atoms with Crippen LogP contribution in [0, 0.1) is 0 Å². The van der Waals surface area contributed by atoms with Crippen LogP contribution in [0.2, 0.25) is 5.02 Å². The largest absolute Gasteiger partial charge is 0.310 e. The number of hydrogen-bond donors (Lipinski definition) is 0. The molecule has 9 aromatic carbocycles. The third kappa shape index (κ3) is 7.91. The van der Waals surface area contributed by atoms with E-state index in [0.29, 0.717) is 5.02 Å². The minimum absolute atomic E-state index is 0.613. The second-order valence-electron chi connectivity index (χ2n) is 14.0. The Hall–Kier alpha value is -7.53. The quantitative estimate of drug-likeness (QED) is 0.122. The van der Waals surface area contributed by atoms with E-state index in [4.69, 9.17) is 11.6 Å². The van der Waals surface area contributed by atoms with E-state index < -0.39 is 0 Å². The van der Waals surface area contributed by atoms with Crippen molar-refractivity contribution in [1.29, 1.82) is 0 Å². The average molecular weight is 781 g/mol. The van der Waals surface area contributed by atoms with Crippen LogP contribution >= 0.6 is 11.6 Å². The van der Waals surface area contributed by atoms with Gasteiger partial charge in [0.05, 0.1) is 16.4 Å². The van der Waals surface area contributed by atoms with Crippen LogP contribution in [0.4, 0.5) is 68.2 Å². The highest BCUT2D eigenvalue weighted by atomic mass is 35.5. The Balaban J connectivity index is 1.19. The Morgan fingerprint density at radius 2 is 0.407 bits per heavy atom. The van der Waals surface area contributed by atoms with Gasteiger partial charge in [-0.25, -0.2) is 0 Å². The molecular weight excluding hydrogens is 740 g/mol. The molecule has 9 rings (SSSR count). The zero-order chi connectivity index (χ0) is 39.8. The summed E-state index contributed by atoms with van der Waals surface area (Å²) in [4.78, 5) is 9.05. The molecule has 0 bridgehead atoms. The second-order valence-corrected chi connectivity index (χ2v) is 14.4. The molecule has 0 fully saturated rings. The molecule has 0 saturated heterocycles. The summed E-state index contributed by atoms with van der Waals surface area (Å²) < 4.78 is 0. The van der Waals surface area contributed by atoms with Gasteiger partial charge in [0.1, 0.15) is 0 Å². The summed E-state index contributed by atoms with van der Waals surface area (Å²) in [6.45, 7) is 0. The summed E-state index contributed by atoms with van der Waals surface area (Å²) in [5.41, 5.74) is 12.0. The summed E-state index contributed by atoms with van der Waals surface area (Å²) in [5, 5.41) is 0.613. The van der Waals surface area contributed by atoms with E-state index in [1.54, 1.807) is 0 Å². The molecule has 0 aliphatic carbocycles. The van der Waals surface area contributed by atoms with Crippen molar-refractivity contribution in [3.63, 3.8) is 0 Å². The van der Waals surface area contributed by atoms with E-state index in [2.05, 4.69) is 232 Å². The van der Waals surface area contributed by atoms with Gasteiger partial charge in [-0.2, -0.15) is 0 Å². The van der Waals surface area contributed by atoms with Gasteiger partial charge in [0.25, 0.3) is 0 Å². The van der Waals surface area contributed by atoms with Crippen LogP contribution in [0.5, 0.6) is 0 Å². The Morgan fingerprint density at radius 1 is 0.203 bits per heavy atom. The summed E-state index contributed by atoms with van der Waals surface area (Å²) in [6, 6.07) is 86.4. The van der Waals surface area contributed by atoms with Crippen molar-refractivity contribution in [3.05, 3.63) is 254 Å². The summed E-state index contributed by atoms with van der Waals surface area (Å²) in [7, 11) is 0. The first-order chi connectivity index (χ1) is 29.2. The third-order valence-corrected chi connectivity index (χ3v) is 10.6. The molecule has 4 nitrogen and oxygen atoms in total. The second kappa shape index (κ2) is 17.3. The van der Waals surface area contributed by atoms with Crippen LogP contribution in [-0.4, -0.2) is 0 Å². The molecule has 284 valence electrons. The molecule has 0 amide bonds. The molecule has 0 atom stereocenters. The fourth-order valence-electron chi connectivity index (χ4n) is 7.61. The van der Waals surface area contributed by atoms with Crippen molar-refractivity contribution in [2.75, 3.05) is 19.6 Å². The first kappa shape index (κ1) is 37.1. The minimum atomic E-state index is 0.613. The van der Waals surface area contributed by atoms with Gasteiger partial charge in [-0.3, -0.25) is 0 Å². The van der Waals surface area contributed by atoms with Crippen LogP contribution in [0.15, 0.2) is 249 Å². The predicted molar refractivity (Wildman–Crippen MR) is 250 cm³/mol. The molecule has 0 aliphatic rings. The Labute approximate surface area is 351 Å². The van der Waals surface area contributed by atoms with E-state index in [1.165, 1.54) is 0 Å². The van der Waals surface area contributed by atoms with Gasteiger partial charge >= 0.3 is 0 Å². The van der Waals surface area contributed by atoms with E-state index in [9.17, 15) is 0 Å². The van der Waals surface area contributed by atoms with Crippen LogP contribution in [0.3, 0.4) is 0 Å². The fourth-order valence-corrected chi connectivity index (χ4v) is 7.90. The van der Waals surface area contributed by atoms with Gasteiger partial charge in [-0.15, -0.1) is 0 Å². The normalized spacial score (nSPS) is 10.8. The molecule has 0 spiro atoms. The maximum Gasteiger partial charge on any atom is 0.0887 e. The molecule has 9 aromatic rings. The predicted octanol–water partition coefficient (Wildman–Crippen LogP) is 16.2. The molecule has 0 N–H and O–H groups in total. The van der Waals surface area contributed by atoms with Gasteiger partial charge in [-0.05, 0) is 121 Å². The van der Waals surface area contributed by atoms with Crippen molar-refractivity contribution < 1.29 is 0 Å². The van der Waals surface area contributed by atoms with Gasteiger partial charge in [0, 0.05) is 56.9 Å². The molecule has 0 aromatic heterocycles. The van der Waals surface area contributed by atoms with Gasteiger partial charge in [0.2, 0.25) is 0 Å². The average Bonchev–Trinajstić information content (AvgIpc) is 3.30. The Morgan fingerprint density at radius 3 is 0.678 bits per heavy atom. The summed E-state index contributed by atoms with van der Waals surface area (Å²) in [5.74, 6) is 0. The smallest absolute Gasteiger partial charge is 0.0887 e. The van der Waals surface area contributed by atoms with Crippen molar-refractivity contribution in [2.45, 2.75) is 0 Å². The van der Waals surface area contributed by atoms with Crippen LogP contribution in [0.1, 0.15) is 0 Å². The van der Waals surface area contributed by atoms with E-state index in [0.717, 1.165) is 68.2 Å². The molecule has 5 heteroatoms. The highest BCUT2D eigenvalue weighted by molar-refractivity contribution is 6.36. The highest BCUT2D eigenvalue weighted by Crippen LogP contribution is 2.48. The molecule has 59 heavy (non-hydrogen) atoms. The number of benzene rings is 9. The standard InChI is InChI=1S/C54H41ClN4/c55-54-52(58(46-30-15-5-16-31-46)50-36-19-34-48(40-50)56(42-22-7-1-8-23-42)43-24-9-2-10-25-43)38-21-39-53(54)59(47-32-17-6-18-33-47)51-37-20-35-49(41-51)57(44-26-11-3-12-27-44)45-28-13-4-14-29-45/h1-41H. The molecule has 0 unspecified atom stereocenters. The summed E-state index contributed by atoms with van der Waals surface area (Å²) in [6.07, 6.45) is 0. The van der Waals surface area contributed by atoms with Crippen molar-refractivity contribution in [1.82, 2.24) is 0 Å². The lowest BCUT2D eigenvalue weighted by Gasteiger charge is -2.32. The summed E-state index contributed by atoms with van der Waals surface area (Å²) >= 11 is 7.78. The van der Waals surface area contributed by atoms with E-state index in [-0.39, 0.29) is 0 Å². The van der Waals surface area contributed by atoms with E-state index >= 15 is 0 Å². The lowest BCUT2D eigenvalue weighted by Crippen LogP contribution is -2.16. The molecule has 0 saturated carbocycles. The maximum absolute atomic E-state index is 7.78. The van der Waals surface area contributed by atoms with Crippen LogP contribution < -0.4 is 19.6 Å². The van der Waals surface area contributed by atoms with E-state index in [1.807, 2.05) is 36.4 Å². The topological polar surface area (TPSA) is 13.0 Å². The van der Waals surface area contributed by atoms with Crippen LogP contribution in [-0.2, 0) is 0 Å². The van der Waals surface area contributed by atoms with Gasteiger partial charge in [-0.1, -0.05) is 139 Å². The lowest BCUT2D eigenvalue weighted by atomic mass is 10.1. The Bertz CT molecular complexity index is 2470. The lowest BCUT2D eigenvalue weighted by molar-refractivity contribution is 1.23. The molecule has 0 heterocycles. The molecule has 0 radical (unpaired) electrons. The number of rotatable bonds is 12. The first-order valence-corrected chi connectivity index (χ1v) is 20.1. The van der Waals surface area contributed by atoms with Gasteiger partial charge in [0.15, 0.2) is 0 Å². The number of nitrogens with zero attached hydrogens (tertiary/aromatic N) is 4. The third-order valence-electron chi connectivity index (χ3n) is 10.2. The zero-order valence-electron chi connectivity index (χ0n) is 32.3. The number of anilines is 12. The molecule has 0 aliphatic heterocycles. The van der Waals surface area contributed by atoms with Crippen molar-refractivity contribution in [3.8, 4) is 0 Å². The van der Waals surface area contributed by atoms with Crippen LogP contribution in [0.25, 0.3) is 0 Å². The highest BCUT2D eigenvalue weighted by Gasteiger charge is 2.24. The Kier molecular flexibility index (Phi) is 10.9. The maximum atomic E-state index is 7.78. The van der Waals surface area contributed by atoms with Crippen molar-refractivity contribution in [2.24, 2.45) is 0 Å². The minimum Gasteiger partial charge on any atom is -0.310 e. The molecular formula is C54H41ClN4. The number of para-hydroxylation sites is 6. The number of halogens is 1. The SMILES string of the molecule is Clc1c(N(c2ccccc2)c2cccc(N(c3ccccc3)c3ccccc3)c2)cccc1N(c1ccccc1)c1cccc(N(c2ccccc2)c2ccccc2)c1. The first-order valence-electron chi connectivity index (χ1n) is 19.7. The van der Waals surface area contributed by atoms with Gasteiger partial charge < -0.3 is 19.6 Å². The number of hydrogen-bond acceptors (Lipinski definition) is 4. The zero-order valence-corrected chi connectivity index (χ0v) is 33.1. The fraction of sp³-hybridized carbons (Fsp3) is 0. The monoisotopic (exact) mass is 780 g/mol. The van der Waals surface area contributed by atoms with Crippen molar-refractivity contribution >= 4 is 79.8 Å².